The van der Waals surface area contributed by atoms with E-state index in [9.17, 15) is 53.7 Å². The van der Waals surface area contributed by atoms with Gasteiger partial charge in [0.05, 0.1) is 100 Å². The predicted molar refractivity (Wildman–Crippen MR) is 504 cm³/mol. The first-order chi connectivity index (χ1) is 66.1. The summed E-state index contributed by atoms with van der Waals surface area (Å²) >= 11 is 0. The highest BCUT2D eigenvalue weighted by atomic mass is 16.6. The van der Waals surface area contributed by atoms with Crippen molar-refractivity contribution in [1.82, 2.24) is 80.5 Å². The van der Waals surface area contributed by atoms with Crippen LogP contribution in [0.25, 0.3) is 33.3 Å². The Morgan fingerprint density at radius 2 is 1.45 bits per heavy atom. The number of ketones is 3. The molecule has 0 radical (unpaired) electrons. The number of methoxy groups -OCH3 is 3. The van der Waals surface area contributed by atoms with Crippen LogP contribution in [-0.4, -0.2) is 302 Å². The number of hydrogen-bond acceptors (Lipinski definition) is 34. The number of fused-ring (bicyclic) bond motifs is 5. The molecule has 0 spiro atoms. The zero-order valence-corrected chi connectivity index (χ0v) is 79.8. The quantitative estimate of drug-likeness (QED) is 0.00832. The maximum atomic E-state index is 14.8. The van der Waals surface area contributed by atoms with Gasteiger partial charge >= 0.3 is 12.1 Å². The molecule has 4 aliphatic heterocycles. The maximum Gasteiger partial charge on any atom is 0.407 e. The van der Waals surface area contributed by atoms with Gasteiger partial charge in [0.25, 0.3) is 17.6 Å². The fraction of sp³-hybridized carbons (Fsp3) is 0.594. The maximum absolute atomic E-state index is 14.8. The molecule has 5 aliphatic rings. The summed E-state index contributed by atoms with van der Waals surface area (Å²) in [5, 5.41) is 57.2. The van der Waals surface area contributed by atoms with E-state index in [-0.39, 0.29) is 119 Å². The number of alkyl carbamates (subject to hydrolysis) is 1. The van der Waals surface area contributed by atoms with Crippen LogP contribution in [0.2, 0.25) is 0 Å². The van der Waals surface area contributed by atoms with Crippen LogP contribution < -0.4 is 37.2 Å². The van der Waals surface area contributed by atoms with Crippen LogP contribution in [-0.2, 0) is 95.8 Å². The van der Waals surface area contributed by atoms with E-state index >= 15 is 0 Å². The number of carbonyl (C=O) groups excluding carboxylic acids is 8. The van der Waals surface area contributed by atoms with Crippen molar-refractivity contribution >= 4 is 86.8 Å². The summed E-state index contributed by atoms with van der Waals surface area (Å²) in [6.07, 6.45) is 20.2. The molecule has 12 rings (SSSR count). The van der Waals surface area contributed by atoms with Crippen molar-refractivity contribution in [3.63, 3.8) is 0 Å². The van der Waals surface area contributed by atoms with Gasteiger partial charge in [-0.1, -0.05) is 69.4 Å². The third-order valence-corrected chi connectivity index (χ3v) is 26.0. The van der Waals surface area contributed by atoms with Crippen LogP contribution in [0.1, 0.15) is 166 Å². The molecule has 1 aromatic carbocycles. The van der Waals surface area contributed by atoms with Crippen LogP contribution in [0, 0.1) is 29.6 Å². The number of benzene rings is 1. The molecule has 7 aromatic rings. The van der Waals surface area contributed by atoms with E-state index < -0.39 is 102 Å². The number of nitrogens with zero attached hydrogens (tertiary/aromatic N) is 14. The number of phenols is 1. The molecule has 3 saturated heterocycles. The highest BCUT2D eigenvalue weighted by Gasteiger charge is 2.53. The van der Waals surface area contributed by atoms with Crippen LogP contribution in [0.4, 0.5) is 22.5 Å². The van der Waals surface area contributed by atoms with Gasteiger partial charge in [-0.3, -0.25) is 28.8 Å². The number of Topliss-reactive ketones (excluding diaryl/α,β-unsaturated/α-hetero) is 3. The van der Waals surface area contributed by atoms with E-state index in [0.29, 0.717) is 188 Å². The number of aromatic nitrogens is 12. The van der Waals surface area contributed by atoms with Crippen LogP contribution >= 0.6 is 0 Å². The molecule has 15 atom stereocenters. The number of nitrogen functional groups attached to an aromatic ring is 1. The number of cyclic esters (lactones) is 1. The van der Waals surface area contributed by atoms with Gasteiger partial charge in [0, 0.05) is 165 Å². The van der Waals surface area contributed by atoms with Crippen molar-refractivity contribution in [3.8, 4) is 17.1 Å². The fourth-order valence-electron chi connectivity index (χ4n) is 18.0. The number of aromatic hydroxyl groups is 1. The number of piperidine rings is 1. The van der Waals surface area contributed by atoms with Gasteiger partial charge in [-0.25, -0.2) is 48.9 Å². The predicted octanol–water partition coefficient (Wildman–Crippen LogP) is 7.04. The first-order valence-corrected chi connectivity index (χ1v) is 47.4. The van der Waals surface area contributed by atoms with E-state index in [1.165, 1.54) is 25.8 Å². The van der Waals surface area contributed by atoms with Gasteiger partial charge in [0.15, 0.2) is 11.4 Å². The minimum absolute atomic E-state index is 0.00707. The number of hydrogen-bond donors (Lipinski definition) is 9. The Kier molecular flexibility index (Phi) is 39.0. The van der Waals surface area contributed by atoms with Gasteiger partial charge in [0.1, 0.15) is 66.0 Å². The number of H-pyrrole nitrogens is 1. The van der Waals surface area contributed by atoms with Gasteiger partial charge in [0.2, 0.25) is 23.6 Å². The second-order valence-electron chi connectivity index (χ2n) is 36.0. The van der Waals surface area contributed by atoms with Crippen LogP contribution in [0.3, 0.4) is 0 Å². The van der Waals surface area contributed by atoms with Crippen molar-refractivity contribution in [1.29, 1.82) is 0 Å². The number of phenolic OH excluding ortho intramolecular Hbond substituents is 1. The molecule has 137 heavy (non-hydrogen) atoms. The summed E-state index contributed by atoms with van der Waals surface area (Å²) in [6.45, 7) is 16.4. The average molecular weight is 1900 g/mol. The smallest absolute Gasteiger partial charge is 0.407 e. The van der Waals surface area contributed by atoms with E-state index in [4.69, 9.17) is 63.9 Å². The number of anilines is 3. The summed E-state index contributed by atoms with van der Waals surface area (Å²) in [5.74, 6) is -7.57. The molecule has 1 saturated carbocycles. The molecule has 41 heteroatoms. The lowest BCUT2D eigenvalue weighted by atomic mass is 9.79. The standard InChI is InChI=1S/C96H134N20O21/c1-59-17-11-10-12-18-60(2)78(128-7)49-71-23-20-64(6)96(127,137-71)87(122)91(124)114-29-15-13-19-76(114)92(125)136-79(50-77(118)61(3)44-63(5)85(121)86(130-9)84(120)62(4)43-59)72(97)45-65-21-25-75(80(46-65)129-8)116-56-69(109-111-116)57-135-95(126)100-28-36-132-38-40-134-42-41-133-39-37-131-35-26-81(119)101-51-66-52-102-93(103-53-66)112-31-33-113(34-32-112)94-104-54-68(55-105-94)90(123)99-27-14-16-30-115-89-82(88(98)106-58-107-89)83(110-115)74-48-67-47-70(117)22-24-73(67)108-74/h10-12,17-18,22,24,44,47-48,52-56,58-59,61-62,64-65,71-72,75-76,78-80,85-86,108,117,121,127H,13-16,19-21,23,25-43,45-46,49-51,57,97H2,1-9H3,(H,99,123)(H,100,126)(H,101,119)(H2,98,106,107)/b12-10+,17-11+,60-18+,63-44+/t59-,61-,62-,64-,65+,71+,72-,75+,76+,78+,79+,80-,85-,86+,96-/m1/s1. The second-order valence-corrected chi connectivity index (χ2v) is 36.0. The Morgan fingerprint density at radius 1 is 0.737 bits per heavy atom. The van der Waals surface area contributed by atoms with Gasteiger partial charge in [-0.15, -0.1) is 5.10 Å². The SMILES string of the molecule is CO[C@H]1C[C@@H]2CC[C@@H](C)[C@@](O)(O2)C(=O)C(=O)N2CCCC[C@H]2C(=O)O[C@H]([C@H](N)C[C@@H]2CC[C@H](n3cc(COC(=O)NCCOCCOCCOCCOCCC(=O)NCc4cnc(N5CCN(c6ncc(C(=O)NCCCCn7nc(-c8cc9cc(O)ccc9[nH]8)c8c(N)ncnc87)cn6)CC5)nc4)nn3)[C@H](OC)C2)CC(=O)[C@H](C)/C=C(\C)[C@@H](O)[C@@H](OC)C(=O)[C@H](C)C[C@H](C)/C=C/C=C/C=C/1C. The summed E-state index contributed by atoms with van der Waals surface area (Å²) in [7, 11) is 4.50. The monoisotopic (exact) mass is 1900 g/mol. The summed E-state index contributed by atoms with van der Waals surface area (Å²) in [6, 6.07) is 4.50. The number of aryl methyl sites for hydroxylation is 1. The molecule has 10 heterocycles. The molecule has 4 amide bonds. The zero-order chi connectivity index (χ0) is 97.7. The Labute approximate surface area is 796 Å². The first-order valence-electron chi connectivity index (χ1n) is 47.4. The van der Waals surface area contributed by atoms with Gasteiger partial charge in [-0.2, -0.15) is 5.10 Å². The number of aromatic amines is 1. The Balaban J connectivity index is 0.499. The number of rotatable bonds is 35. The molecule has 6 aromatic heterocycles. The largest absolute Gasteiger partial charge is 0.508 e. The minimum Gasteiger partial charge on any atom is -0.508 e. The minimum atomic E-state index is -2.51. The molecule has 1 aliphatic carbocycles. The molecular weight excluding hydrogens is 1770 g/mol. The highest BCUT2D eigenvalue weighted by molar-refractivity contribution is 6.39. The Morgan fingerprint density at radius 3 is 2.15 bits per heavy atom. The van der Waals surface area contributed by atoms with Crippen molar-refractivity contribution in [2.24, 2.45) is 35.3 Å². The van der Waals surface area contributed by atoms with Crippen LogP contribution in [0.5, 0.6) is 5.75 Å². The zero-order valence-electron chi connectivity index (χ0n) is 79.8. The topological polar surface area (TPSA) is 529 Å². The van der Waals surface area contributed by atoms with Crippen molar-refractivity contribution < 1.29 is 101 Å². The summed E-state index contributed by atoms with van der Waals surface area (Å²) < 4.78 is 61.5. The fourth-order valence-corrected chi connectivity index (χ4v) is 18.0. The van der Waals surface area contributed by atoms with E-state index in [0.717, 1.165) is 32.6 Å². The summed E-state index contributed by atoms with van der Waals surface area (Å²) in [5.41, 5.74) is 18.8. The number of nitrogens with two attached hydrogens (primary N) is 2. The number of ether oxygens (including phenoxy) is 10. The first kappa shape index (κ1) is 104. The number of aliphatic hydroxyl groups is 2. The average Bonchev–Trinajstić information content (AvgIpc) is 1.59. The highest BCUT2D eigenvalue weighted by Crippen LogP contribution is 2.40. The Hall–Kier alpha value is -11.5. The molecule has 744 valence electrons. The normalized spacial score (nSPS) is 26.0. The van der Waals surface area contributed by atoms with E-state index in [1.807, 2.05) is 55.2 Å². The number of esters is 1. The number of unbranched alkanes of at least 4 members (excludes halogenated alkanes) is 1. The number of allylic oxidation sites excluding steroid dienone is 6. The molecular formula is C96H134N20O21. The second kappa shape index (κ2) is 51.2. The molecule has 4 fully saturated rings. The number of nitrogens with one attached hydrogen (secondary N) is 4. The third kappa shape index (κ3) is 28.8. The number of aliphatic hydroxyl groups excluding tert-OH is 1. The number of amides is 4. The lowest BCUT2D eigenvalue weighted by Crippen LogP contribution is -2.61. The van der Waals surface area contributed by atoms with E-state index in [2.05, 4.69) is 66.1 Å². The molecule has 2 bridgehead atoms. The number of piperazine rings is 1. The molecule has 0 unspecified atom stereocenters. The third-order valence-electron chi connectivity index (χ3n) is 26.0. The Bertz CT molecular complexity index is 5290. The molecule has 11 N–H and O–H groups in total. The lowest BCUT2D eigenvalue weighted by Gasteiger charge is -2.42. The van der Waals surface area contributed by atoms with Gasteiger partial charge in [-0.05, 0) is 138 Å². The van der Waals surface area contributed by atoms with Crippen molar-refractivity contribution in [3.05, 3.63) is 126 Å². The van der Waals surface area contributed by atoms with Crippen molar-refractivity contribution in [2.75, 3.05) is 136 Å². The lowest BCUT2D eigenvalue weighted by molar-refractivity contribution is -0.265. The summed E-state index contributed by atoms with van der Waals surface area (Å²) in [4.78, 5) is 146. The van der Waals surface area contributed by atoms with Crippen LogP contribution in [0.15, 0.2) is 109 Å². The number of carbonyl (C=O) groups is 8. The molecule has 41 nitrogen and oxygen atoms in total. The van der Waals surface area contributed by atoms with E-state index in [1.54, 1.807) is 94.1 Å². The van der Waals surface area contributed by atoms with Crippen molar-refractivity contribution in [2.45, 2.75) is 218 Å². The van der Waals surface area contributed by atoms with Gasteiger partial charge < -0.3 is 110 Å².